The minimum atomic E-state index is -1.27. The van der Waals surface area contributed by atoms with Gasteiger partial charge in [0.05, 0.1) is 16.5 Å². The van der Waals surface area contributed by atoms with Crippen molar-refractivity contribution in [2.45, 2.75) is 0 Å². The van der Waals surface area contributed by atoms with Crippen LogP contribution in [0, 0.1) is 0 Å². The maximum atomic E-state index is 11.6. The van der Waals surface area contributed by atoms with E-state index >= 15 is 0 Å². The van der Waals surface area contributed by atoms with Crippen LogP contribution in [0.3, 0.4) is 0 Å². The Bertz CT molecular complexity index is 1200. The van der Waals surface area contributed by atoms with Gasteiger partial charge in [0.25, 0.3) is 0 Å². The van der Waals surface area contributed by atoms with Crippen LogP contribution in [-0.2, 0) is 0 Å². The summed E-state index contributed by atoms with van der Waals surface area (Å²) in [6.45, 7) is 0. The number of rotatable bonds is 3. The maximum Gasteiger partial charge on any atom is 0.153 e. The Morgan fingerprint density at radius 3 is 2.52 bits per heavy atom. The topological polar surface area (TPSA) is 66.2 Å². The molecule has 134 valence electrons. The van der Waals surface area contributed by atoms with E-state index in [1.165, 1.54) is 6.07 Å². The number of carbonyl (C=O) groups is 1. The Labute approximate surface area is 176 Å². The van der Waals surface area contributed by atoms with Crippen LogP contribution in [0.4, 0.5) is 0 Å². The number of carbonyl (C=O) groups excluding carboxylic acids is 1. The molecular formula is C20H9Br2ClNO3-. The van der Waals surface area contributed by atoms with Crippen molar-refractivity contribution in [2.75, 3.05) is 0 Å². The highest BCUT2D eigenvalue weighted by molar-refractivity contribution is 9.10. The highest BCUT2D eigenvalue weighted by atomic mass is 79.9. The quantitative estimate of drug-likeness (QED) is 0.357. The van der Waals surface area contributed by atoms with E-state index in [0.29, 0.717) is 33.1 Å². The first-order valence-electron chi connectivity index (χ1n) is 7.79. The minimum Gasteiger partial charge on any atom is -0.545 e. The van der Waals surface area contributed by atoms with Gasteiger partial charge in [-0.2, -0.15) is 0 Å². The van der Waals surface area contributed by atoms with Crippen LogP contribution < -0.4 is 5.11 Å². The van der Waals surface area contributed by atoms with E-state index in [0.717, 1.165) is 14.5 Å². The van der Waals surface area contributed by atoms with Crippen molar-refractivity contribution in [3.63, 3.8) is 0 Å². The lowest BCUT2D eigenvalue weighted by Gasteiger charge is -2.10. The van der Waals surface area contributed by atoms with Crippen molar-refractivity contribution >= 4 is 60.3 Å². The molecule has 2 aromatic heterocycles. The molecule has 2 heterocycles. The molecule has 0 saturated heterocycles. The van der Waals surface area contributed by atoms with Crippen molar-refractivity contribution in [1.82, 2.24) is 4.98 Å². The molecule has 0 spiro atoms. The number of carboxylic acids is 1. The predicted molar refractivity (Wildman–Crippen MR) is 110 cm³/mol. The van der Waals surface area contributed by atoms with E-state index in [-0.39, 0.29) is 5.56 Å². The second kappa shape index (κ2) is 7.11. The molecule has 4 nitrogen and oxygen atoms in total. The van der Waals surface area contributed by atoms with Crippen molar-refractivity contribution in [3.8, 4) is 22.8 Å². The Balaban J connectivity index is 1.83. The van der Waals surface area contributed by atoms with E-state index in [4.69, 9.17) is 16.0 Å². The monoisotopic (exact) mass is 504 g/mol. The number of nitrogens with zero attached hydrogens (tertiary/aromatic N) is 1. The van der Waals surface area contributed by atoms with Crippen LogP contribution in [0.5, 0.6) is 0 Å². The fraction of sp³-hybridized carbons (Fsp3) is 0. The molecule has 0 aliphatic rings. The lowest BCUT2D eigenvalue weighted by Crippen LogP contribution is -2.22. The molecule has 0 atom stereocenters. The molecule has 0 amide bonds. The number of halogens is 3. The molecular weight excluding hydrogens is 497 g/mol. The summed E-state index contributed by atoms with van der Waals surface area (Å²) < 4.78 is 7.45. The molecule has 0 aliphatic carbocycles. The summed E-state index contributed by atoms with van der Waals surface area (Å²) in [6.07, 6.45) is 0. The van der Waals surface area contributed by atoms with E-state index < -0.39 is 5.97 Å². The summed E-state index contributed by atoms with van der Waals surface area (Å²) in [7, 11) is 0. The first-order chi connectivity index (χ1) is 12.9. The molecule has 0 aliphatic heterocycles. The minimum absolute atomic E-state index is 0.0564. The number of fused-ring (bicyclic) bond motifs is 1. The second-order valence-electron chi connectivity index (χ2n) is 5.80. The smallest absolute Gasteiger partial charge is 0.153 e. The molecule has 7 heteroatoms. The van der Waals surface area contributed by atoms with E-state index in [1.807, 2.05) is 12.1 Å². The molecule has 0 saturated carbocycles. The standard InChI is InChI=1S/C20H10Br2ClNO3/c21-11-2-4-16-12(8-11)13(20(25)26)9-17(24-16)19-6-5-18(27-19)10-1-3-14(22)15(23)7-10/h1-9H,(H,25,26)/p-1. The Kier molecular flexibility index (Phi) is 4.80. The number of pyridine rings is 1. The van der Waals surface area contributed by atoms with Crippen LogP contribution >= 0.6 is 43.5 Å². The van der Waals surface area contributed by atoms with Gasteiger partial charge in [-0.05, 0) is 64.5 Å². The van der Waals surface area contributed by atoms with Crippen molar-refractivity contribution in [3.05, 3.63) is 74.1 Å². The summed E-state index contributed by atoms with van der Waals surface area (Å²) in [5.41, 5.74) is 1.82. The second-order valence-corrected chi connectivity index (χ2v) is 7.97. The van der Waals surface area contributed by atoms with Gasteiger partial charge in [0.2, 0.25) is 0 Å². The molecule has 0 unspecified atom stereocenters. The third-order valence-corrected chi connectivity index (χ3v) is 5.78. The van der Waals surface area contributed by atoms with Gasteiger partial charge in [-0.1, -0.05) is 33.6 Å². The summed E-state index contributed by atoms with van der Waals surface area (Å²) in [5, 5.41) is 12.7. The SMILES string of the molecule is O=C([O-])c1cc(-c2ccc(-c3ccc(Br)c(Cl)c3)o2)nc2ccc(Br)cc12. The van der Waals surface area contributed by atoms with Gasteiger partial charge in [0.15, 0.2) is 5.76 Å². The lowest BCUT2D eigenvalue weighted by atomic mass is 10.1. The molecule has 0 radical (unpaired) electrons. The van der Waals surface area contributed by atoms with Gasteiger partial charge in [0, 0.05) is 25.5 Å². The third-order valence-electron chi connectivity index (χ3n) is 4.05. The lowest BCUT2D eigenvalue weighted by molar-refractivity contribution is -0.254. The van der Waals surface area contributed by atoms with E-state index in [2.05, 4.69) is 36.8 Å². The molecule has 0 bridgehead atoms. The van der Waals surface area contributed by atoms with Gasteiger partial charge < -0.3 is 14.3 Å². The number of hydrogen-bond donors (Lipinski definition) is 0. The summed E-state index contributed by atoms with van der Waals surface area (Å²) >= 11 is 12.8. The summed E-state index contributed by atoms with van der Waals surface area (Å²) in [6, 6.07) is 15.7. The Morgan fingerprint density at radius 1 is 1.00 bits per heavy atom. The number of benzene rings is 2. The highest BCUT2D eigenvalue weighted by Gasteiger charge is 2.13. The Hall–Kier alpha value is -2.15. The number of aromatic nitrogens is 1. The molecule has 0 N–H and O–H groups in total. The van der Waals surface area contributed by atoms with Crippen molar-refractivity contribution in [1.29, 1.82) is 0 Å². The van der Waals surface area contributed by atoms with Crippen LogP contribution in [0.1, 0.15) is 10.4 Å². The molecule has 0 fully saturated rings. The predicted octanol–water partition coefficient (Wildman–Crippen LogP) is 5.70. The number of aromatic carboxylic acids is 1. The zero-order valence-corrected chi connectivity index (χ0v) is 17.4. The zero-order chi connectivity index (χ0) is 19.1. The third kappa shape index (κ3) is 3.52. The highest BCUT2D eigenvalue weighted by Crippen LogP contribution is 2.33. The average Bonchev–Trinajstić information content (AvgIpc) is 3.13. The van der Waals surface area contributed by atoms with Crippen LogP contribution in [-0.4, -0.2) is 11.0 Å². The van der Waals surface area contributed by atoms with Crippen LogP contribution in [0.2, 0.25) is 5.02 Å². The fourth-order valence-electron chi connectivity index (χ4n) is 2.77. The summed E-state index contributed by atoms with van der Waals surface area (Å²) in [5.74, 6) is -0.211. The first kappa shape index (κ1) is 18.2. The first-order valence-corrected chi connectivity index (χ1v) is 9.76. The van der Waals surface area contributed by atoms with Gasteiger partial charge >= 0.3 is 0 Å². The zero-order valence-electron chi connectivity index (χ0n) is 13.5. The molecule has 2 aromatic carbocycles. The maximum absolute atomic E-state index is 11.6. The molecule has 4 rings (SSSR count). The number of furan rings is 1. The normalized spacial score (nSPS) is 11.1. The van der Waals surface area contributed by atoms with Gasteiger partial charge in [-0.15, -0.1) is 0 Å². The van der Waals surface area contributed by atoms with Crippen molar-refractivity contribution in [2.24, 2.45) is 0 Å². The van der Waals surface area contributed by atoms with Crippen LogP contribution in [0.25, 0.3) is 33.7 Å². The molecule has 27 heavy (non-hydrogen) atoms. The van der Waals surface area contributed by atoms with E-state index in [1.54, 1.807) is 36.4 Å². The largest absolute Gasteiger partial charge is 0.545 e. The number of carboxylic acid groups (broad SMARTS) is 1. The van der Waals surface area contributed by atoms with Crippen molar-refractivity contribution < 1.29 is 14.3 Å². The fourth-order valence-corrected chi connectivity index (χ4v) is 3.56. The van der Waals surface area contributed by atoms with E-state index in [9.17, 15) is 9.90 Å². The average molecular weight is 507 g/mol. The number of hydrogen-bond acceptors (Lipinski definition) is 4. The Morgan fingerprint density at radius 2 is 1.78 bits per heavy atom. The summed E-state index contributed by atoms with van der Waals surface area (Å²) in [4.78, 5) is 16.1. The van der Waals surface area contributed by atoms with Gasteiger partial charge in [-0.3, -0.25) is 0 Å². The molecule has 4 aromatic rings. The van der Waals surface area contributed by atoms with Gasteiger partial charge in [0.1, 0.15) is 11.5 Å². The van der Waals surface area contributed by atoms with Crippen LogP contribution in [0.15, 0.2) is 68.0 Å². The van der Waals surface area contributed by atoms with Gasteiger partial charge in [-0.25, -0.2) is 4.98 Å².